The lowest BCUT2D eigenvalue weighted by Gasteiger charge is -2.36. The number of piperidine rings is 1. The molecule has 1 heterocycles. The van der Waals surface area contributed by atoms with E-state index in [4.69, 9.17) is 0 Å². The molecule has 0 aliphatic carbocycles. The average molecular weight is 314 g/mol. The van der Waals surface area contributed by atoms with Crippen molar-refractivity contribution in [2.75, 3.05) is 19.6 Å². The first-order valence-corrected chi connectivity index (χ1v) is 7.06. The Kier molecular flexibility index (Phi) is 4.17. The summed E-state index contributed by atoms with van der Waals surface area (Å²) in [5.74, 6) is -0.241. The van der Waals surface area contributed by atoms with Crippen LogP contribution in [0.3, 0.4) is 0 Å². The minimum atomic E-state index is -0.476. The number of carbonyl (C=O) groups excluding carboxylic acids is 1. The van der Waals surface area contributed by atoms with Gasteiger partial charge in [0, 0.05) is 5.56 Å². The first-order valence-electron chi connectivity index (χ1n) is 6.27. The molecule has 0 amide bonds. The molecule has 0 aromatic heterocycles. The number of Topliss-reactive ketones (excluding diaryl/α,β-unsaturated/α-hetero) is 1. The van der Waals surface area contributed by atoms with Crippen molar-refractivity contribution in [2.24, 2.45) is 0 Å². The first-order chi connectivity index (χ1) is 8.55. The quantitative estimate of drug-likeness (QED) is 0.630. The first kappa shape index (κ1) is 13.7. The van der Waals surface area contributed by atoms with Gasteiger partial charge in [0.25, 0.3) is 0 Å². The second kappa shape index (κ2) is 5.49. The number of benzene rings is 1. The van der Waals surface area contributed by atoms with Gasteiger partial charge in [-0.2, -0.15) is 0 Å². The molecule has 2 nitrogen and oxygen atoms in total. The van der Waals surface area contributed by atoms with Gasteiger partial charge in [-0.1, -0.05) is 22.9 Å². The van der Waals surface area contributed by atoms with Crippen LogP contribution >= 0.6 is 15.9 Å². The van der Waals surface area contributed by atoms with E-state index in [9.17, 15) is 9.18 Å². The van der Waals surface area contributed by atoms with Gasteiger partial charge in [0.1, 0.15) is 5.82 Å². The van der Waals surface area contributed by atoms with Crippen molar-refractivity contribution in [1.82, 2.24) is 4.90 Å². The van der Waals surface area contributed by atoms with Gasteiger partial charge < -0.3 is 4.90 Å². The predicted molar refractivity (Wildman–Crippen MR) is 73.7 cm³/mol. The molecule has 18 heavy (non-hydrogen) atoms. The summed E-state index contributed by atoms with van der Waals surface area (Å²) in [6.45, 7) is 5.00. The molecule has 1 aliphatic rings. The van der Waals surface area contributed by atoms with E-state index in [2.05, 4.69) is 27.8 Å². The Morgan fingerprint density at radius 2 is 1.89 bits per heavy atom. The van der Waals surface area contributed by atoms with Crippen LogP contribution in [0.2, 0.25) is 0 Å². The summed E-state index contributed by atoms with van der Waals surface area (Å²) < 4.78 is 12.4. The van der Waals surface area contributed by atoms with Crippen LogP contribution in [0.25, 0.3) is 0 Å². The second-order valence-electron chi connectivity index (χ2n) is 4.74. The molecule has 4 heteroatoms. The molecule has 0 unspecified atom stereocenters. The fraction of sp³-hybridized carbons (Fsp3) is 0.500. The predicted octanol–water partition coefficient (Wildman–Crippen LogP) is 3.26. The lowest BCUT2D eigenvalue weighted by molar-refractivity contribution is 0.0889. The van der Waals surface area contributed by atoms with Crippen LogP contribution in [0.5, 0.6) is 0 Å². The lowest BCUT2D eigenvalue weighted by Crippen LogP contribution is -2.45. The minimum Gasteiger partial charge on any atom is -0.303 e. The number of hydrogen-bond acceptors (Lipinski definition) is 2. The molecular formula is C14H17BrFNO. The lowest BCUT2D eigenvalue weighted by atomic mass is 9.88. The maximum Gasteiger partial charge on any atom is 0.179 e. The summed E-state index contributed by atoms with van der Waals surface area (Å²) in [6.07, 6.45) is 1.61. The van der Waals surface area contributed by atoms with Crippen molar-refractivity contribution in [3.8, 4) is 0 Å². The highest BCUT2D eigenvalue weighted by Crippen LogP contribution is 2.34. The van der Waals surface area contributed by atoms with Crippen LogP contribution in [0.1, 0.15) is 30.1 Å². The van der Waals surface area contributed by atoms with Gasteiger partial charge in [0.15, 0.2) is 5.78 Å². The van der Waals surface area contributed by atoms with E-state index in [1.54, 1.807) is 12.1 Å². The van der Waals surface area contributed by atoms with Crippen LogP contribution in [0.15, 0.2) is 24.3 Å². The van der Waals surface area contributed by atoms with Crippen LogP contribution in [-0.2, 0) is 0 Å². The number of hydrogen-bond donors (Lipinski definition) is 0. The molecule has 0 bridgehead atoms. The Balaban J connectivity index is 2.11. The molecule has 0 radical (unpaired) electrons. The fourth-order valence-electron chi connectivity index (χ4n) is 2.31. The van der Waals surface area contributed by atoms with E-state index < -0.39 is 4.32 Å². The largest absolute Gasteiger partial charge is 0.303 e. The maximum atomic E-state index is 12.9. The Hall–Kier alpha value is -0.740. The smallest absolute Gasteiger partial charge is 0.179 e. The van der Waals surface area contributed by atoms with Gasteiger partial charge in [0.05, 0.1) is 4.32 Å². The van der Waals surface area contributed by atoms with Gasteiger partial charge in [0.2, 0.25) is 0 Å². The van der Waals surface area contributed by atoms with Gasteiger partial charge in [-0.05, 0) is 56.7 Å². The number of nitrogens with zero attached hydrogens (tertiary/aromatic N) is 1. The summed E-state index contributed by atoms with van der Waals surface area (Å²) >= 11 is 3.60. The summed E-state index contributed by atoms with van der Waals surface area (Å²) in [7, 11) is 0. The zero-order valence-electron chi connectivity index (χ0n) is 10.5. The van der Waals surface area contributed by atoms with Crippen molar-refractivity contribution >= 4 is 21.7 Å². The number of halogens is 2. The van der Waals surface area contributed by atoms with Crippen molar-refractivity contribution in [2.45, 2.75) is 24.1 Å². The number of ketones is 1. The molecule has 0 saturated carbocycles. The number of alkyl halides is 1. The Bertz CT molecular complexity index is 424. The third-order valence-electron chi connectivity index (χ3n) is 3.61. The number of rotatable bonds is 3. The van der Waals surface area contributed by atoms with Crippen LogP contribution in [0.4, 0.5) is 4.39 Å². The molecule has 1 aromatic carbocycles. The second-order valence-corrected chi connectivity index (χ2v) is 6.25. The normalized spacial score (nSPS) is 19.7. The SMILES string of the molecule is CCN1CCC(Br)(C(=O)c2ccc(F)cc2)CC1. The summed E-state index contributed by atoms with van der Waals surface area (Å²) in [5.41, 5.74) is 0.582. The molecule has 0 atom stereocenters. The molecule has 1 saturated heterocycles. The van der Waals surface area contributed by atoms with E-state index in [1.165, 1.54) is 12.1 Å². The van der Waals surface area contributed by atoms with Gasteiger partial charge in [-0.25, -0.2) is 4.39 Å². The van der Waals surface area contributed by atoms with Crippen LogP contribution in [-0.4, -0.2) is 34.6 Å². The molecule has 0 N–H and O–H groups in total. The molecule has 98 valence electrons. The highest BCUT2D eigenvalue weighted by molar-refractivity contribution is 9.10. The van der Waals surface area contributed by atoms with Crippen molar-refractivity contribution in [1.29, 1.82) is 0 Å². The van der Waals surface area contributed by atoms with Crippen LogP contribution in [0, 0.1) is 5.82 Å². The van der Waals surface area contributed by atoms with E-state index in [0.29, 0.717) is 5.56 Å². The third kappa shape index (κ3) is 2.81. The highest BCUT2D eigenvalue weighted by atomic mass is 79.9. The van der Waals surface area contributed by atoms with E-state index in [-0.39, 0.29) is 11.6 Å². The van der Waals surface area contributed by atoms with Gasteiger partial charge >= 0.3 is 0 Å². The Labute approximate surface area is 115 Å². The highest BCUT2D eigenvalue weighted by Gasteiger charge is 2.38. The average Bonchev–Trinajstić information content (AvgIpc) is 2.40. The van der Waals surface area contributed by atoms with E-state index in [0.717, 1.165) is 32.5 Å². The van der Waals surface area contributed by atoms with Crippen molar-refractivity contribution in [3.05, 3.63) is 35.6 Å². The topological polar surface area (TPSA) is 20.3 Å². The van der Waals surface area contributed by atoms with Gasteiger partial charge in [-0.15, -0.1) is 0 Å². The zero-order chi connectivity index (χ0) is 13.2. The molecule has 0 spiro atoms. The Morgan fingerprint density at radius 3 is 2.39 bits per heavy atom. The molecule has 1 aromatic rings. The van der Waals surface area contributed by atoms with Gasteiger partial charge in [-0.3, -0.25) is 4.79 Å². The standard InChI is InChI=1S/C14H17BrFNO/c1-2-17-9-7-14(15,8-10-17)13(18)11-3-5-12(16)6-4-11/h3-6H,2,7-10H2,1H3. The molecular weight excluding hydrogens is 297 g/mol. The van der Waals surface area contributed by atoms with E-state index in [1.807, 2.05) is 0 Å². The summed E-state index contributed by atoms with van der Waals surface area (Å²) in [6, 6.07) is 5.80. The fourth-order valence-corrected chi connectivity index (χ4v) is 2.89. The molecule has 2 rings (SSSR count). The summed E-state index contributed by atoms with van der Waals surface area (Å²) in [5, 5.41) is 0. The number of likely N-dealkylation sites (tertiary alicyclic amines) is 1. The van der Waals surface area contributed by atoms with Crippen molar-refractivity contribution < 1.29 is 9.18 Å². The van der Waals surface area contributed by atoms with E-state index >= 15 is 0 Å². The molecule has 1 aliphatic heterocycles. The number of carbonyl (C=O) groups is 1. The third-order valence-corrected chi connectivity index (χ3v) is 4.76. The molecule has 1 fully saturated rings. The Morgan fingerprint density at radius 1 is 1.33 bits per heavy atom. The van der Waals surface area contributed by atoms with Crippen LogP contribution < -0.4 is 0 Å². The zero-order valence-corrected chi connectivity index (χ0v) is 12.0. The maximum absolute atomic E-state index is 12.9. The van der Waals surface area contributed by atoms with Crippen molar-refractivity contribution in [3.63, 3.8) is 0 Å². The monoisotopic (exact) mass is 313 g/mol. The summed E-state index contributed by atoms with van der Waals surface area (Å²) in [4.78, 5) is 14.8. The minimum absolute atomic E-state index is 0.0678.